The Bertz CT molecular complexity index is 1160. The predicted molar refractivity (Wildman–Crippen MR) is 137 cm³/mol. The topological polar surface area (TPSA) is 60.4 Å². The van der Waals surface area contributed by atoms with Crippen molar-refractivity contribution >= 4 is 11.6 Å². The summed E-state index contributed by atoms with van der Waals surface area (Å²) in [6.07, 6.45) is 1.08. The molecular weight excluding hydrogens is 440 g/mol. The molecule has 6 heteroatoms. The van der Waals surface area contributed by atoms with E-state index in [-0.39, 0.29) is 17.9 Å². The molecule has 0 saturated carbocycles. The van der Waals surface area contributed by atoms with E-state index in [0.717, 1.165) is 33.9 Å². The molecule has 0 saturated heterocycles. The number of methoxy groups -OCH3 is 2. The summed E-state index contributed by atoms with van der Waals surface area (Å²) in [5.41, 5.74) is 3.77. The van der Waals surface area contributed by atoms with Crippen molar-refractivity contribution in [1.82, 2.24) is 4.90 Å². The molecule has 0 spiro atoms. The van der Waals surface area contributed by atoms with Crippen LogP contribution >= 0.6 is 0 Å². The molecule has 0 aromatic heterocycles. The molecule has 1 heterocycles. The number of nitrogens with zero attached hydrogens (tertiary/aromatic N) is 2. The number of rotatable bonds is 10. The molecular formula is C29H32N2O4. The van der Waals surface area contributed by atoms with Gasteiger partial charge in [0.25, 0.3) is 0 Å². The van der Waals surface area contributed by atoms with Crippen LogP contribution in [0.25, 0.3) is 0 Å². The largest absolute Gasteiger partial charge is 0.497 e. The predicted octanol–water partition coefficient (Wildman–Crippen LogP) is 5.42. The summed E-state index contributed by atoms with van der Waals surface area (Å²) in [4.78, 5) is 21.6. The average molecular weight is 473 g/mol. The summed E-state index contributed by atoms with van der Waals surface area (Å²) in [5, 5.41) is 4.34. The zero-order chi connectivity index (χ0) is 24.6. The van der Waals surface area contributed by atoms with Crippen LogP contribution in [-0.4, -0.2) is 43.4 Å². The van der Waals surface area contributed by atoms with Crippen molar-refractivity contribution in [3.63, 3.8) is 0 Å². The highest BCUT2D eigenvalue weighted by Gasteiger charge is 2.31. The Morgan fingerprint density at radius 1 is 1.03 bits per heavy atom. The van der Waals surface area contributed by atoms with Crippen molar-refractivity contribution < 1.29 is 19.1 Å². The lowest BCUT2D eigenvalue weighted by molar-refractivity contribution is -0.135. The third kappa shape index (κ3) is 5.83. The Hall–Kier alpha value is -3.80. The Labute approximate surface area is 207 Å². The number of para-hydroxylation sites is 1. The van der Waals surface area contributed by atoms with E-state index in [1.54, 1.807) is 14.2 Å². The summed E-state index contributed by atoms with van der Waals surface area (Å²) in [7, 11) is 3.29. The Morgan fingerprint density at radius 2 is 1.80 bits per heavy atom. The minimum atomic E-state index is -0.238. The first-order valence-electron chi connectivity index (χ1n) is 12.0. The summed E-state index contributed by atoms with van der Waals surface area (Å²) in [6, 6.07) is 25.6. The molecule has 0 N–H and O–H groups in total. The quantitative estimate of drug-likeness (QED) is 0.395. The normalized spacial score (nSPS) is 15.6. The second kappa shape index (κ2) is 11.6. The van der Waals surface area contributed by atoms with Gasteiger partial charge in [0, 0.05) is 18.5 Å². The number of ether oxygens (including phenoxy) is 2. The van der Waals surface area contributed by atoms with Crippen LogP contribution in [0.15, 0.2) is 84.0 Å². The van der Waals surface area contributed by atoms with Crippen molar-refractivity contribution in [3.05, 3.63) is 95.6 Å². The van der Waals surface area contributed by atoms with Crippen molar-refractivity contribution in [1.29, 1.82) is 0 Å². The minimum absolute atomic E-state index is 0.0795. The number of carbonyl (C=O) groups excluding carboxylic acids is 1. The zero-order valence-electron chi connectivity index (χ0n) is 20.5. The molecule has 6 nitrogen and oxygen atoms in total. The SMILES string of the molecule is CCC(C(=O)N(Cc1cccc(OC)c1)CC1CC(c2ccccc2OC)=NO1)c1ccccc1. The monoisotopic (exact) mass is 472 g/mol. The highest BCUT2D eigenvalue weighted by atomic mass is 16.6. The highest BCUT2D eigenvalue weighted by Crippen LogP contribution is 2.28. The molecule has 1 aliphatic heterocycles. The van der Waals surface area contributed by atoms with Gasteiger partial charge in [0.15, 0.2) is 6.10 Å². The van der Waals surface area contributed by atoms with Crippen LogP contribution < -0.4 is 9.47 Å². The van der Waals surface area contributed by atoms with E-state index in [1.165, 1.54) is 0 Å². The fourth-order valence-corrected chi connectivity index (χ4v) is 4.50. The van der Waals surface area contributed by atoms with Crippen molar-refractivity contribution in [3.8, 4) is 11.5 Å². The lowest BCUT2D eigenvalue weighted by atomic mass is 9.94. The summed E-state index contributed by atoms with van der Waals surface area (Å²) < 4.78 is 10.9. The van der Waals surface area contributed by atoms with Gasteiger partial charge in [-0.3, -0.25) is 4.79 Å². The molecule has 4 rings (SSSR count). The number of amides is 1. The molecule has 2 atom stereocenters. The summed E-state index contributed by atoms with van der Waals surface area (Å²) in [5.74, 6) is 1.38. The van der Waals surface area contributed by atoms with E-state index >= 15 is 0 Å². The highest BCUT2D eigenvalue weighted by molar-refractivity contribution is 6.03. The fraction of sp³-hybridized carbons (Fsp3) is 0.310. The van der Waals surface area contributed by atoms with Crippen LogP contribution in [0.1, 0.15) is 42.4 Å². The number of hydrogen-bond acceptors (Lipinski definition) is 5. The van der Waals surface area contributed by atoms with E-state index in [4.69, 9.17) is 14.3 Å². The van der Waals surface area contributed by atoms with Gasteiger partial charge in [0.2, 0.25) is 5.91 Å². The molecule has 1 amide bonds. The van der Waals surface area contributed by atoms with E-state index in [1.807, 2.05) is 90.7 Å². The first-order valence-corrected chi connectivity index (χ1v) is 12.0. The fourth-order valence-electron chi connectivity index (χ4n) is 4.50. The third-order valence-corrected chi connectivity index (χ3v) is 6.30. The molecule has 0 bridgehead atoms. The first-order chi connectivity index (χ1) is 17.1. The van der Waals surface area contributed by atoms with Gasteiger partial charge in [-0.1, -0.05) is 66.7 Å². The second-order valence-electron chi connectivity index (χ2n) is 8.61. The second-order valence-corrected chi connectivity index (χ2v) is 8.61. The molecule has 0 aliphatic carbocycles. The van der Waals surface area contributed by atoms with Gasteiger partial charge in [-0.25, -0.2) is 0 Å². The lowest BCUT2D eigenvalue weighted by Gasteiger charge is -2.29. The number of benzene rings is 3. The maximum absolute atomic E-state index is 13.9. The van der Waals surface area contributed by atoms with Gasteiger partial charge in [0.05, 0.1) is 32.4 Å². The van der Waals surface area contributed by atoms with Crippen LogP contribution in [0.5, 0.6) is 11.5 Å². The maximum Gasteiger partial charge on any atom is 0.230 e. The standard InChI is InChI=1S/C29H32N2O4/c1-4-25(22-12-6-5-7-13-22)29(32)31(19-21-11-10-14-23(17-21)33-2)20-24-18-27(30-35-24)26-15-8-9-16-28(26)34-3/h5-17,24-25H,4,18-20H2,1-3H3. The van der Waals surface area contributed by atoms with Crippen LogP contribution in [0.4, 0.5) is 0 Å². The van der Waals surface area contributed by atoms with Gasteiger partial charge in [-0.15, -0.1) is 0 Å². The van der Waals surface area contributed by atoms with E-state index in [2.05, 4.69) is 5.16 Å². The van der Waals surface area contributed by atoms with E-state index in [9.17, 15) is 4.79 Å². The molecule has 2 unspecified atom stereocenters. The first kappa shape index (κ1) is 24.3. The van der Waals surface area contributed by atoms with Crippen LogP contribution in [-0.2, 0) is 16.2 Å². The summed E-state index contributed by atoms with van der Waals surface area (Å²) in [6.45, 7) is 2.94. The molecule has 3 aromatic rings. The van der Waals surface area contributed by atoms with Gasteiger partial charge in [-0.05, 0) is 41.8 Å². The number of oxime groups is 1. The van der Waals surface area contributed by atoms with Crippen LogP contribution in [0.2, 0.25) is 0 Å². The number of hydrogen-bond donors (Lipinski definition) is 0. The molecule has 3 aromatic carbocycles. The van der Waals surface area contributed by atoms with Crippen molar-refractivity contribution in [2.24, 2.45) is 5.16 Å². The van der Waals surface area contributed by atoms with Crippen LogP contribution in [0.3, 0.4) is 0 Å². The van der Waals surface area contributed by atoms with Crippen molar-refractivity contribution in [2.75, 3.05) is 20.8 Å². The molecule has 0 fully saturated rings. The Balaban J connectivity index is 1.55. The Kier molecular flexibility index (Phi) is 8.03. The van der Waals surface area contributed by atoms with Crippen LogP contribution in [0, 0.1) is 0 Å². The van der Waals surface area contributed by atoms with E-state index in [0.29, 0.717) is 25.9 Å². The average Bonchev–Trinajstić information content (AvgIpc) is 3.37. The van der Waals surface area contributed by atoms with Gasteiger partial charge >= 0.3 is 0 Å². The zero-order valence-corrected chi connectivity index (χ0v) is 20.5. The van der Waals surface area contributed by atoms with Crippen molar-refractivity contribution in [2.45, 2.75) is 38.3 Å². The van der Waals surface area contributed by atoms with Gasteiger partial charge < -0.3 is 19.2 Å². The van der Waals surface area contributed by atoms with Gasteiger partial charge in [-0.2, -0.15) is 0 Å². The Morgan fingerprint density at radius 3 is 2.54 bits per heavy atom. The lowest BCUT2D eigenvalue weighted by Crippen LogP contribution is -2.40. The molecule has 0 radical (unpaired) electrons. The smallest absolute Gasteiger partial charge is 0.230 e. The maximum atomic E-state index is 13.9. The van der Waals surface area contributed by atoms with Gasteiger partial charge in [0.1, 0.15) is 11.5 Å². The molecule has 182 valence electrons. The number of carbonyl (C=O) groups is 1. The molecule has 1 aliphatic rings. The molecule has 35 heavy (non-hydrogen) atoms. The third-order valence-electron chi connectivity index (χ3n) is 6.30. The minimum Gasteiger partial charge on any atom is -0.497 e. The van der Waals surface area contributed by atoms with E-state index < -0.39 is 0 Å². The summed E-state index contributed by atoms with van der Waals surface area (Å²) >= 11 is 0.